The fraction of sp³-hybridized carbons (Fsp3) is 0.500. The van der Waals surface area contributed by atoms with E-state index in [9.17, 15) is 0 Å². The molecule has 0 bridgehead atoms. The number of rotatable bonds is 2. The Morgan fingerprint density at radius 2 is 2.06 bits per heavy atom. The van der Waals surface area contributed by atoms with Crippen molar-refractivity contribution in [2.45, 2.75) is 6.04 Å². The van der Waals surface area contributed by atoms with Crippen molar-refractivity contribution in [2.75, 3.05) is 44.7 Å². The number of nitrogens with zero attached hydrogens (tertiary/aromatic N) is 3. The first-order valence-electron chi connectivity index (χ1n) is 6.63. The number of nitrogens with one attached hydrogen (secondary N) is 1. The lowest BCUT2D eigenvalue weighted by Gasteiger charge is -2.41. The van der Waals surface area contributed by atoms with Gasteiger partial charge in [0.05, 0.1) is 12.6 Å². The van der Waals surface area contributed by atoms with Crippen LogP contribution in [-0.4, -0.2) is 56.5 Å². The zero-order valence-electron chi connectivity index (χ0n) is 10.8. The van der Waals surface area contributed by atoms with Gasteiger partial charge < -0.3 is 15.1 Å². The maximum Gasteiger partial charge on any atom is 0.121 e. The van der Waals surface area contributed by atoms with Crippen LogP contribution in [0.1, 0.15) is 0 Å². The van der Waals surface area contributed by atoms with Gasteiger partial charge in [-0.15, -0.1) is 0 Å². The molecule has 2 heterocycles. The van der Waals surface area contributed by atoms with Crippen LogP contribution in [0.3, 0.4) is 0 Å². The second kappa shape index (κ2) is 4.98. The molecule has 0 unspecified atom stereocenters. The highest BCUT2D eigenvalue weighted by atomic mass is 15.3. The molecule has 0 spiro atoms. The summed E-state index contributed by atoms with van der Waals surface area (Å²) in [4.78, 5) is 9.46. The second-order valence-corrected chi connectivity index (χ2v) is 5.00. The monoisotopic (exact) mass is 244 g/mol. The van der Waals surface area contributed by atoms with Crippen LogP contribution in [0.5, 0.6) is 0 Å². The molecule has 1 N–H and O–H groups in total. The minimum atomic E-state index is 0.369. The third kappa shape index (κ3) is 2.20. The van der Waals surface area contributed by atoms with Gasteiger partial charge in [0.2, 0.25) is 0 Å². The summed E-state index contributed by atoms with van der Waals surface area (Å²) in [5.74, 6) is 1.16. The van der Waals surface area contributed by atoms with Gasteiger partial charge in [0.15, 0.2) is 0 Å². The molecule has 0 saturated carbocycles. The smallest absolute Gasteiger partial charge is 0.121 e. The van der Waals surface area contributed by atoms with Crippen LogP contribution in [-0.2, 0) is 0 Å². The number of anilines is 1. The van der Waals surface area contributed by atoms with Crippen molar-refractivity contribution in [3.05, 3.63) is 30.3 Å². The van der Waals surface area contributed by atoms with E-state index in [0.29, 0.717) is 6.04 Å². The lowest BCUT2D eigenvalue weighted by atomic mass is 10.1. The molecular weight excluding hydrogens is 224 g/mol. The van der Waals surface area contributed by atoms with Gasteiger partial charge in [0, 0.05) is 31.9 Å². The molecule has 4 nitrogen and oxygen atoms in total. The highest BCUT2D eigenvalue weighted by molar-refractivity contribution is 5.92. The van der Waals surface area contributed by atoms with Crippen molar-refractivity contribution in [2.24, 2.45) is 4.99 Å². The lowest BCUT2D eigenvalue weighted by Crippen LogP contribution is -2.57. The Balaban J connectivity index is 1.86. The predicted molar refractivity (Wildman–Crippen MR) is 75.4 cm³/mol. The summed E-state index contributed by atoms with van der Waals surface area (Å²) in [7, 11) is 2.19. The van der Waals surface area contributed by atoms with Crippen LogP contribution in [0.15, 0.2) is 35.3 Å². The van der Waals surface area contributed by atoms with Crippen molar-refractivity contribution in [1.29, 1.82) is 0 Å². The Morgan fingerprint density at radius 1 is 1.22 bits per heavy atom. The van der Waals surface area contributed by atoms with Gasteiger partial charge >= 0.3 is 0 Å². The summed E-state index contributed by atoms with van der Waals surface area (Å²) in [6.45, 7) is 5.11. The van der Waals surface area contributed by atoms with Crippen molar-refractivity contribution < 1.29 is 0 Å². The first-order chi connectivity index (χ1) is 8.84. The van der Waals surface area contributed by atoms with Gasteiger partial charge in [-0.05, 0) is 19.2 Å². The average Bonchev–Trinajstić information content (AvgIpc) is 2.93. The molecule has 18 heavy (non-hydrogen) atoms. The number of aliphatic imine (C=N–C) groups is 1. The summed E-state index contributed by atoms with van der Waals surface area (Å²) < 4.78 is 0. The van der Waals surface area contributed by atoms with E-state index < -0.39 is 0 Å². The molecule has 0 amide bonds. The molecule has 0 aromatic heterocycles. The molecule has 1 atom stereocenters. The van der Waals surface area contributed by atoms with Gasteiger partial charge in [0.25, 0.3) is 0 Å². The minimum absolute atomic E-state index is 0.369. The molecular formula is C14H20N4. The van der Waals surface area contributed by atoms with E-state index in [2.05, 4.69) is 57.5 Å². The fourth-order valence-electron chi connectivity index (χ4n) is 2.72. The van der Waals surface area contributed by atoms with Crippen molar-refractivity contribution >= 4 is 11.5 Å². The number of likely N-dealkylation sites (N-methyl/N-ethyl adjacent to an activating group) is 1. The number of benzene rings is 1. The van der Waals surface area contributed by atoms with Crippen LogP contribution in [0.25, 0.3) is 0 Å². The van der Waals surface area contributed by atoms with Gasteiger partial charge in [-0.1, -0.05) is 18.2 Å². The van der Waals surface area contributed by atoms with Crippen molar-refractivity contribution in [1.82, 2.24) is 10.2 Å². The quantitative estimate of drug-likeness (QED) is 0.835. The van der Waals surface area contributed by atoms with E-state index >= 15 is 0 Å². The average molecular weight is 244 g/mol. The molecule has 0 radical (unpaired) electrons. The van der Waals surface area contributed by atoms with Gasteiger partial charge in [-0.2, -0.15) is 0 Å². The number of hydrogen-bond donors (Lipinski definition) is 1. The van der Waals surface area contributed by atoms with Crippen LogP contribution >= 0.6 is 0 Å². The second-order valence-electron chi connectivity index (χ2n) is 5.00. The van der Waals surface area contributed by atoms with E-state index in [4.69, 9.17) is 0 Å². The first-order valence-corrected chi connectivity index (χ1v) is 6.63. The zero-order valence-corrected chi connectivity index (χ0v) is 10.8. The Labute approximate surface area is 108 Å². The van der Waals surface area contributed by atoms with Crippen LogP contribution in [0.2, 0.25) is 0 Å². The normalized spacial score (nSPS) is 24.8. The maximum atomic E-state index is 4.61. The number of piperazine rings is 1. The summed E-state index contributed by atoms with van der Waals surface area (Å²) in [6.07, 6.45) is 0. The number of hydrogen-bond acceptors (Lipinski definition) is 4. The third-order valence-corrected chi connectivity index (χ3v) is 3.69. The largest absolute Gasteiger partial charge is 0.370 e. The molecule has 1 aromatic rings. The molecule has 0 aliphatic carbocycles. The fourth-order valence-corrected chi connectivity index (χ4v) is 2.72. The lowest BCUT2D eigenvalue weighted by molar-refractivity contribution is 0.292. The van der Waals surface area contributed by atoms with E-state index in [1.165, 1.54) is 5.69 Å². The Kier molecular flexibility index (Phi) is 3.19. The van der Waals surface area contributed by atoms with E-state index in [1.807, 2.05) is 0 Å². The van der Waals surface area contributed by atoms with Crippen molar-refractivity contribution in [3.8, 4) is 0 Å². The van der Waals surface area contributed by atoms with Crippen molar-refractivity contribution in [3.63, 3.8) is 0 Å². The van der Waals surface area contributed by atoms with Crippen LogP contribution in [0, 0.1) is 0 Å². The molecule has 1 saturated heterocycles. The topological polar surface area (TPSA) is 30.9 Å². The van der Waals surface area contributed by atoms with Gasteiger partial charge in [-0.3, -0.25) is 4.99 Å². The standard InChI is InChI=1S/C14H20N4/c1-17-9-10-18(12-5-3-2-4-6-12)13(11-17)14-15-7-8-16-14/h2-6,13H,7-11H2,1H3,(H,15,16)/t13-/m0/s1. The molecule has 1 fully saturated rings. The summed E-state index contributed by atoms with van der Waals surface area (Å²) >= 11 is 0. The van der Waals surface area contributed by atoms with Gasteiger partial charge in [0.1, 0.15) is 5.84 Å². The summed E-state index contributed by atoms with van der Waals surface area (Å²) in [6, 6.07) is 11.0. The summed E-state index contributed by atoms with van der Waals surface area (Å²) in [5, 5.41) is 3.43. The number of amidine groups is 1. The Hall–Kier alpha value is -1.55. The van der Waals surface area contributed by atoms with E-state index in [1.54, 1.807) is 0 Å². The van der Waals surface area contributed by atoms with E-state index in [0.717, 1.165) is 38.6 Å². The highest BCUT2D eigenvalue weighted by Gasteiger charge is 2.30. The molecule has 3 rings (SSSR count). The number of para-hydroxylation sites is 1. The predicted octanol–water partition coefficient (Wildman–Crippen LogP) is 0.809. The minimum Gasteiger partial charge on any atom is -0.370 e. The third-order valence-electron chi connectivity index (χ3n) is 3.69. The maximum absolute atomic E-state index is 4.61. The zero-order chi connectivity index (χ0) is 12.4. The first kappa shape index (κ1) is 11.5. The molecule has 96 valence electrons. The SMILES string of the molecule is CN1CCN(c2ccccc2)[C@H](C2=NCCN2)C1. The molecule has 1 aromatic carbocycles. The molecule has 4 heteroatoms. The molecule has 2 aliphatic heterocycles. The van der Waals surface area contributed by atoms with Gasteiger partial charge in [-0.25, -0.2) is 0 Å². The highest BCUT2D eigenvalue weighted by Crippen LogP contribution is 2.20. The van der Waals surface area contributed by atoms with E-state index in [-0.39, 0.29) is 0 Å². The van der Waals surface area contributed by atoms with Crippen LogP contribution in [0.4, 0.5) is 5.69 Å². The Morgan fingerprint density at radius 3 is 2.78 bits per heavy atom. The molecule has 2 aliphatic rings. The van der Waals surface area contributed by atoms with Crippen LogP contribution < -0.4 is 10.2 Å². The summed E-state index contributed by atoms with van der Waals surface area (Å²) in [5.41, 5.74) is 1.30. The Bertz CT molecular complexity index is 429.